The lowest BCUT2D eigenvalue weighted by Gasteiger charge is -2.28. The van der Waals surface area contributed by atoms with Crippen LogP contribution in [0.3, 0.4) is 0 Å². The normalized spacial score (nSPS) is 16.7. The molecule has 0 N–H and O–H groups in total. The third-order valence-corrected chi connectivity index (χ3v) is 3.46. The predicted octanol–water partition coefficient (Wildman–Crippen LogP) is 1.64. The van der Waals surface area contributed by atoms with Crippen molar-refractivity contribution in [2.24, 2.45) is 0 Å². The minimum absolute atomic E-state index is 0.761. The van der Waals surface area contributed by atoms with Crippen molar-refractivity contribution in [1.82, 2.24) is 14.6 Å². The molecule has 0 aromatic carbocycles. The van der Waals surface area contributed by atoms with Crippen LogP contribution in [0.25, 0.3) is 5.52 Å². The molecule has 2 aromatic rings. The Kier molecular flexibility index (Phi) is 2.76. The number of aromatic nitrogens is 3. The first-order valence-corrected chi connectivity index (χ1v) is 6.39. The molecule has 5 nitrogen and oxygen atoms in total. The summed E-state index contributed by atoms with van der Waals surface area (Å²) < 4.78 is 8.20. The van der Waals surface area contributed by atoms with Crippen molar-refractivity contribution >= 4 is 27.3 Å². The summed E-state index contributed by atoms with van der Waals surface area (Å²) in [5.74, 6) is 1.77. The molecule has 0 aliphatic carbocycles. The highest BCUT2D eigenvalue weighted by atomic mass is 79.9. The van der Waals surface area contributed by atoms with Crippen LogP contribution in [0.5, 0.6) is 0 Å². The van der Waals surface area contributed by atoms with Gasteiger partial charge in [-0.2, -0.15) is 5.10 Å². The molecule has 0 bridgehead atoms. The van der Waals surface area contributed by atoms with Crippen LogP contribution in [0, 0.1) is 6.92 Å². The Hall–Kier alpha value is -1.14. The summed E-state index contributed by atoms with van der Waals surface area (Å²) in [6.45, 7) is 5.20. The van der Waals surface area contributed by atoms with Gasteiger partial charge >= 0.3 is 0 Å². The van der Waals surface area contributed by atoms with E-state index in [1.54, 1.807) is 0 Å². The number of aryl methyl sites for hydroxylation is 1. The number of rotatable bonds is 1. The highest BCUT2D eigenvalue weighted by Gasteiger charge is 2.17. The van der Waals surface area contributed by atoms with E-state index in [-0.39, 0.29) is 0 Å². The zero-order valence-electron chi connectivity index (χ0n) is 9.56. The number of fused-ring (bicyclic) bond motifs is 1. The molecule has 0 saturated carbocycles. The Morgan fingerprint density at radius 2 is 2.06 bits per heavy atom. The number of anilines is 1. The fraction of sp³-hybridized carbons (Fsp3) is 0.455. The molecule has 0 radical (unpaired) electrons. The minimum Gasteiger partial charge on any atom is -0.378 e. The molecule has 90 valence electrons. The van der Waals surface area contributed by atoms with Crippen LogP contribution in [-0.4, -0.2) is 40.9 Å². The van der Waals surface area contributed by atoms with Gasteiger partial charge in [0, 0.05) is 13.1 Å². The highest BCUT2D eigenvalue weighted by molar-refractivity contribution is 9.10. The first-order chi connectivity index (χ1) is 8.25. The summed E-state index contributed by atoms with van der Waals surface area (Å²) in [6, 6.07) is 4.03. The van der Waals surface area contributed by atoms with Crippen LogP contribution in [0.1, 0.15) is 5.82 Å². The molecule has 6 heteroatoms. The van der Waals surface area contributed by atoms with Crippen molar-refractivity contribution in [3.63, 3.8) is 0 Å². The van der Waals surface area contributed by atoms with Crippen molar-refractivity contribution in [2.45, 2.75) is 6.92 Å². The zero-order valence-corrected chi connectivity index (χ0v) is 11.1. The Balaban J connectivity index is 2.13. The molecule has 1 aliphatic rings. The summed E-state index contributed by atoms with van der Waals surface area (Å²) in [5, 5.41) is 4.39. The molecule has 1 aliphatic heterocycles. The second-order valence-corrected chi connectivity index (χ2v) is 4.85. The Morgan fingerprint density at radius 1 is 1.29 bits per heavy atom. The van der Waals surface area contributed by atoms with Gasteiger partial charge in [0.25, 0.3) is 0 Å². The van der Waals surface area contributed by atoms with Gasteiger partial charge in [-0.15, -0.1) is 0 Å². The fourth-order valence-electron chi connectivity index (χ4n) is 2.06. The summed E-state index contributed by atoms with van der Waals surface area (Å²) in [4.78, 5) is 6.81. The molecule has 0 atom stereocenters. The van der Waals surface area contributed by atoms with Gasteiger partial charge < -0.3 is 9.64 Å². The Labute approximate surface area is 108 Å². The first-order valence-electron chi connectivity index (χ1n) is 5.60. The summed E-state index contributed by atoms with van der Waals surface area (Å²) in [5.41, 5.74) is 1.03. The summed E-state index contributed by atoms with van der Waals surface area (Å²) >= 11 is 3.49. The molecule has 0 spiro atoms. The highest BCUT2D eigenvalue weighted by Crippen LogP contribution is 2.24. The average molecular weight is 297 g/mol. The van der Waals surface area contributed by atoms with E-state index in [2.05, 4.69) is 30.9 Å². The van der Waals surface area contributed by atoms with Crippen molar-refractivity contribution in [2.75, 3.05) is 31.2 Å². The molecule has 17 heavy (non-hydrogen) atoms. The Morgan fingerprint density at radius 3 is 2.82 bits per heavy atom. The maximum Gasteiger partial charge on any atom is 0.157 e. The maximum absolute atomic E-state index is 5.37. The van der Waals surface area contributed by atoms with Gasteiger partial charge in [0.1, 0.15) is 15.9 Å². The zero-order chi connectivity index (χ0) is 11.8. The van der Waals surface area contributed by atoms with Crippen molar-refractivity contribution in [3.8, 4) is 0 Å². The minimum atomic E-state index is 0.761. The van der Waals surface area contributed by atoms with Crippen LogP contribution in [-0.2, 0) is 4.74 Å². The van der Waals surface area contributed by atoms with E-state index in [1.807, 2.05) is 23.6 Å². The van der Waals surface area contributed by atoms with E-state index in [9.17, 15) is 0 Å². The standard InChI is InChI=1S/C11H13BrN4O/c1-8-13-11(15-4-6-17-7-5-15)9-2-3-10(12)16(9)14-8/h2-3H,4-7H2,1H3. The maximum atomic E-state index is 5.37. The van der Waals surface area contributed by atoms with Crippen LogP contribution >= 0.6 is 15.9 Å². The third kappa shape index (κ3) is 1.91. The molecular weight excluding hydrogens is 284 g/mol. The van der Waals surface area contributed by atoms with E-state index in [0.29, 0.717) is 0 Å². The number of hydrogen-bond donors (Lipinski definition) is 0. The van der Waals surface area contributed by atoms with Gasteiger partial charge in [-0.05, 0) is 35.0 Å². The smallest absolute Gasteiger partial charge is 0.157 e. The summed E-state index contributed by atoms with van der Waals surface area (Å²) in [6.07, 6.45) is 0. The first kappa shape index (κ1) is 11.0. The largest absolute Gasteiger partial charge is 0.378 e. The van der Waals surface area contributed by atoms with E-state index in [1.165, 1.54) is 0 Å². The number of halogens is 1. The lowest BCUT2D eigenvalue weighted by Crippen LogP contribution is -2.37. The quantitative estimate of drug-likeness (QED) is 0.802. The van der Waals surface area contributed by atoms with Crippen molar-refractivity contribution in [1.29, 1.82) is 0 Å². The number of hydrogen-bond acceptors (Lipinski definition) is 4. The monoisotopic (exact) mass is 296 g/mol. The molecule has 0 unspecified atom stereocenters. The molecule has 3 heterocycles. The van der Waals surface area contributed by atoms with Gasteiger partial charge in [-0.25, -0.2) is 9.50 Å². The summed E-state index contributed by atoms with van der Waals surface area (Å²) in [7, 11) is 0. The van der Waals surface area contributed by atoms with E-state index in [4.69, 9.17) is 4.74 Å². The van der Waals surface area contributed by atoms with E-state index < -0.39 is 0 Å². The lowest BCUT2D eigenvalue weighted by molar-refractivity contribution is 0.122. The van der Waals surface area contributed by atoms with Crippen molar-refractivity contribution in [3.05, 3.63) is 22.6 Å². The number of ether oxygens (including phenoxy) is 1. The van der Waals surface area contributed by atoms with Crippen molar-refractivity contribution < 1.29 is 4.74 Å². The number of nitrogens with zero attached hydrogens (tertiary/aromatic N) is 4. The fourth-order valence-corrected chi connectivity index (χ4v) is 2.46. The molecule has 1 saturated heterocycles. The molecule has 2 aromatic heterocycles. The second-order valence-electron chi connectivity index (χ2n) is 4.04. The third-order valence-electron chi connectivity index (χ3n) is 2.86. The van der Waals surface area contributed by atoms with Gasteiger partial charge in [0.2, 0.25) is 0 Å². The van der Waals surface area contributed by atoms with Crippen LogP contribution in [0.15, 0.2) is 16.7 Å². The number of morpholine rings is 1. The molecule has 3 rings (SSSR count). The van der Waals surface area contributed by atoms with Gasteiger partial charge in [0.15, 0.2) is 5.82 Å². The SMILES string of the molecule is Cc1nc(N2CCOCC2)c2ccc(Br)n2n1. The topological polar surface area (TPSA) is 42.7 Å². The molecule has 1 fully saturated rings. The van der Waals surface area contributed by atoms with Crippen LogP contribution in [0.4, 0.5) is 5.82 Å². The Bertz CT molecular complexity index is 548. The molecular formula is C11H13BrN4O. The lowest BCUT2D eigenvalue weighted by atomic mass is 10.4. The van der Waals surface area contributed by atoms with E-state index >= 15 is 0 Å². The second kappa shape index (κ2) is 4.27. The van der Waals surface area contributed by atoms with Crippen LogP contribution < -0.4 is 4.90 Å². The average Bonchev–Trinajstić information content (AvgIpc) is 2.72. The van der Waals surface area contributed by atoms with E-state index in [0.717, 1.165) is 48.1 Å². The van der Waals surface area contributed by atoms with Crippen LogP contribution in [0.2, 0.25) is 0 Å². The predicted molar refractivity (Wildman–Crippen MR) is 68.5 cm³/mol. The van der Waals surface area contributed by atoms with Gasteiger partial charge in [-0.3, -0.25) is 0 Å². The van der Waals surface area contributed by atoms with Gasteiger partial charge in [-0.1, -0.05) is 0 Å². The molecule has 0 amide bonds. The van der Waals surface area contributed by atoms with Gasteiger partial charge in [0.05, 0.1) is 13.2 Å².